The summed E-state index contributed by atoms with van der Waals surface area (Å²) in [5.41, 5.74) is 0.311. The minimum atomic E-state index is -3.16. The van der Waals surface area contributed by atoms with Crippen molar-refractivity contribution in [1.82, 2.24) is 9.21 Å². The first-order chi connectivity index (χ1) is 10.8. The summed E-state index contributed by atoms with van der Waals surface area (Å²) in [7, 11) is -3.16. The highest BCUT2D eigenvalue weighted by molar-refractivity contribution is 7.88. The van der Waals surface area contributed by atoms with Gasteiger partial charge in [0.05, 0.1) is 6.26 Å². The van der Waals surface area contributed by atoms with E-state index in [4.69, 9.17) is 0 Å². The molecule has 23 heavy (non-hydrogen) atoms. The van der Waals surface area contributed by atoms with E-state index in [0.29, 0.717) is 25.2 Å². The molecule has 0 unspecified atom stereocenters. The third-order valence-electron chi connectivity index (χ3n) is 5.04. The predicted octanol–water partition coefficient (Wildman–Crippen LogP) is 2.21. The third-order valence-corrected chi connectivity index (χ3v) is 6.29. The van der Waals surface area contributed by atoms with E-state index in [9.17, 15) is 17.2 Å². The standard InChI is InChI=1S/C16H22F2N2O2S/c1-23(21,22)20-9-7-16(12-20)6-3-8-19(11-16)10-13-4-2-5-14(17)15(13)18/h2,4-5H,3,6-12H2,1H3/t16-/m1/s1. The van der Waals surface area contributed by atoms with E-state index in [0.717, 1.165) is 38.4 Å². The van der Waals surface area contributed by atoms with Gasteiger partial charge in [0.1, 0.15) is 0 Å². The summed E-state index contributed by atoms with van der Waals surface area (Å²) in [6, 6.07) is 4.25. The first kappa shape index (κ1) is 16.8. The van der Waals surface area contributed by atoms with Crippen LogP contribution in [0.1, 0.15) is 24.8 Å². The van der Waals surface area contributed by atoms with Crippen LogP contribution in [0.3, 0.4) is 0 Å². The molecule has 128 valence electrons. The highest BCUT2D eigenvalue weighted by Gasteiger charge is 2.43. The number of benzene rings is 1. The Hall–Kier alpha value is -1.05. The topological polar surface area (TPSA) is 40.6 Å². The van der Waals surface area contributed by atoms with Gasteiger partial charge in [-0.3, -0.25) is 4.90 Å². The van der Waals surface area contributed by atoms with Crippen LogP contribution < -0.4 is 0 Å². The van der Waals surface area contributed by atoms with Gasteiger partial charge in [-0.1, -0.05) is 12.1 Å². The Balaban J connectivity index is 1.71. The molecule has 0 amide bonds. The van der Waals surface area contributed by atoms with Crippen molar-refractivity contribution in [3.63, 3.8) is 0 Å². The van der Waals surface area contributed by atoms with Crippen molar-refractivity contribution < 1.29 is 17.2 Å². The summed E-state index contributed by atoms with van der Waals surface area (Å²) in [6.45, 7) is 3.02. The number of hydrogen-bond donors (Lipinski definition) is 0. The van der Waals surface area contributed by atoms with Crippen LogP contribution in [0.2, 0.25) is 0 Å². The number of sulfonamides is 1. The fraction of sp³-hybridized carbons (Fsp3) is 0.625. The maximum absolute atomic E-state index is 13.9. The quantitative estimate of drug-likeness (QED) is 0.844. The maximum atomic E-state index is 13.9. The molecule has 2 saturated heterocycles. The molecule has 4 nitrogen and oxygen atoms in total. The Kier molecular flexibility index (Phi) is 4.46. The number of halogens is 2. The molecule has 1 spiro atoms. The SMILES string of the molecule is CS(=O)(=O)N1CC[C@@]2(CCCN(Cc3cccc(F)c3F)C2)C1. The Morgan fingerprint density at radius 1 is 1.17 bits per heavy atom. The number of rotatable bonds is 3. The van der Waals surface area contributed by atoms with Crippen molar-refractivity contribution >= 4 is 10.0 Å². The van der Waals surface area contributed by atoms with Crippen molar-refractivity contribution in [2.24, 2.45) is 5.41 Å². The van der Waals surface area contributed by atoms with Crippen LogP contribution in [0, 0.1) is 17.0 Å². The predicted molar refractivity (Wildman–Crippen MR) is 84.3 cm³/mol. The zero-order chi connectivity index (χ0) is 16.7. The number of likely N-dealkylation sites (tertiary alicyclic amines) is 1. The Labute approximate surface area is 136 Å². The molecule has 7 heteroatoms. The highest BCUT2D eigenvalue weighted by atomic mass is 32.2. The van der Waals surface area contributed by atoms with Crippen LogP contribution in [0.5, 0.6) is 0 Å². The molecule has 2 heterocycles. The van der Waals surface area contributed by atoms with Gasteiger partial charge in [-0.2, -0.15) is 0 Å². The zero-order valence-electron chi connectivity index (χ0n) is 13.3. The largest absolute Gasteiger partial charge is 0.298 e. The molecule has 2 aliphatic heterocycles. The van der Waals surface area contributed by atoms with Crippen LogP contribution in [0.15, 0.2) is 18.2 Å². The zero-order valence-corrected chi connectivity index (χ0v) is 14.1. The van der Waals surface area contributed by atoms with Gasteiger partial charge in [0, 0.05) is 31.7 Å². The molecule has 0 N–H and O–H groups in total. The second-order valence-corrected chi connectivity index (χ2v) is 8.86. The lowest BCUT2D eigenvalue weighted by molar-refractivity contribution is 0.0924. The molecule has 0 bridgehead atoms. The maximum Gasteiger partial charge on any atom is 0.211 e. The van der Waals surface area contributed by atoms with Crippen LogP contribution in [0.25, 0.3) is 0 Å². The number of hydrogen-bond acceptors (Lipinski definition) is 3. The molecule has 0 aromatic heterocycles. The van der Waals surface area contributed by atoms with Crippen molar-refractivity contribution in [3.8, 4) is 0 Å². The lowest BCUT2D eigenvalue weighted by Crippen LogP contribution is -2.45. The smallest absolute Gasteiger partial charge is 0.211 e. The monoisotopic (exact) mass is 344 g/mol. The van der Waals surface area contributed by atoms with Crippen LogP contribution in [0.4, 0.5) is 8.78 Å². The van der Waals surface area contributed by atoms with Gasteiger partial charge in [-0.25, -0.2) is 21.5 Å². The fourth-order valence-electron chi connectivity index (χ4n) is 3.87. The van der Waals surface area contributed by atoms with Crippen molar-refractivity contribution in [3.05, 3.63) is 35.4 Å². The van der Waals surface area contributed by atoms with Crippen LogP contribution in [-0.4, -0.2) is 50.1 Å². The molecule has 1 atom stereocenters. The minimum Gasteiger partial charge on any atom is -0.298 e. The van der Waals surface area contributed by atoms with E-state index in [1.54, 1.807) is 10.4 Å². The van der Waals surface area contributed by atoms with Gasteiger partial charge in [0.15, 0.2) is 11.6 Å². The first-order valence-electron chi connectivity index (χ1n) is 7.90. The lowest BCUT2D eigenvalue weighted by Gasteiger charge is -2.40. The average Bonchev–Trinajstić information content (AvgIpc) is 2.88. The van der Waals surface area contributed by atoms with E-state index in [1.807, 2.05) is 0 Å². The van der Waals surface area contributed by atoms with Gasteiger partial charge in [0.2, 0.25) is 10.0 Å². The molecule has 3 rings (SSSR count). The number of nitrogens with zero attached hydrogens (tertiary/aromatic N) is 2. The summed E-state index contributed by atoms with van der Waals surface area (Å²) >= 11 is 0. The van der Waals surface area contributed by atoms with Crippen molar-refractivity contribution in [1.29, 1.82) is 0 Å². The summed E-state index contributed by atoms with van der Waals surface area (Å²) < 4.78 is 52.2. The molecular weight excluding hydrogens is 322 g/mol. The molecule has 2 fully saturated rings. The van der Waals surface area contributed by atoms with Gasteiger partial charge in [-0.05, 0) is 37.3 Å². The van der Waals surface area contributed by atoms with E-state index >= 15 is 0 Å². The molecular formula is C16H22F2N2O2S. The van der Waals surface area contributed by atoms with Crippen LogP contribution in [-0.2, 0) is 16.6 Å². The van der Waals surface area contributed by atoms with Crippen LogP contribution >= 0.6 is 0 Å². The molecule has 1 aromatic rings. The van der Waals surface area contributed by atoms with Gasteiger partial charge < -0.3 is 0 Å². The van der Waals surface area contributed by atoms with E-state index < -0.39 is 21.7 Å². The summed E-state index contributed by atoms with van der Waals surface area (Å²) in [5.74, 6) is -1.60. The minimum absolute atomic E-state index is 0.0505. The first-order valence-corrected chi connectivity index (χ1v) is 9.74. The Morgan fingerprint density at radius 3 is 2.65 bits per heavy atom. The van der Waals surface area contributed by atoms with E-state index in [1.165, 1.54) is 12.3 Å². The van der Waals surface area contributed by atoms with E-state index in [-0.39, 0.29) is 5.41 Å². The summed E-state index contributed by atoms with van der Waals surface area (Å²) in [4.78, 5) is 2.12. The average molecular weight is 344 g/mol. The highest BCUT2D eigenvalue weighted by Crippen LogP contribution is 2.40. The third kappa shape index (κ3) is 3.56. The lowest BCUT2D eigenvalue weighted by atomic mass is 9.79. The summed E-state index contributed by atoms with van der Waals surface area (Å²) in [5, 5.41) is 0. The molecule has 2 aliphatic rings. The van der Waals surface area contributed by atoms with Gasteiger partial charge >= 0.3 is 0 Å². The summed E-state index contributed by atoms with van der Waals surface area (Å²) in [6.07, 6.45) is 4.02. The molecule has 0 saturated carbocycles. The fourth-order valence-corrected chi connectivity index (χ4v) is 4.80. The van der Waals surface area contributed by atoms with Gasteiger partial charge in [0.25, 0.3) is 0 Å². The normalized spacial score (nSPS) is 26.9. The van der Waals surface area contributed by atoms with Crippen molar-refractivity contribution in [2.75, 3.05) is 32.4 Å². The Bertz CT molecular complexity index is 695. The Morgan fingerprint density at radius 2 is 1.96 bits per heavy atom. The van der Waals surface area contributed by atoms with Crippen molar-refractivity contribution in [2.45, 2.75) is 25.8 Å². The molecule has 1 aromatic carbocycles. The second-order valence-electron chi connectivity index (χ2n) is 6.87. The van der Waals surface area contributed by atoms with E-state index in [2.05, 4.69) is 4.90 Å². The number of piperidine rings is 1. The second kappa shape index (κ2) is 6.11. The van der Waals surface area contributed by atoms with Gasteiger partial charge in [-0.15, -0.1) is 0 Å². The molecule has 0 aliphatic carbocycles. The molecule has 0 radical (unpaired) electrons.